The minimum absolute atomic E-state index is 0.0865. The number of thiazole rings is 1. The van der Waals surface area contributed by atoms with Crippen LogP contribution in [-0.2, 0) is 33.2 Å². The minimum atomic E-state index is -3.69. The summed E-state index contributed by atoms with van der Waals surface area (Å²) >= 11 is 3.02. The molecule has 1 saturated carbocycles. The molecule has 2 aromatic carbocycles. The van der Waals surface area contributed by atoms with Gasteiger partial charge in [0.25, 0.3) is 0 Å². The third kappa shape index (κ3) is 6.98. The molecule has 0 aliphatic heterocycles. The van der Waals surface area contributed by atoms with Crippen molar-refractivity contribution in [2.45, 2.75) is 49.5 Å². The van der Waals surface area contributed by atoms with Gasteiger partial charge in [0.15, 0.2) is 5.78 Å². The normalized spacial score (nSPS) is 14.4. The molecular formula is C29H35N3O4S3. The van der Waals surface area contributed by atoms with Crippen molar-refractivity contribution in [3.8, 4) is 0 Å². The molecule has 4 rings (SSSR count). The zero-order valence-corrected chi connectivity index (χ0v) is 25.3. The Hall–Kier alpha value is -2.53. The second-order valence-corrected chi connectivity index (χ2v) is 14.5. The summed E-state index contributed by atoms with van der Waals surface area (Å²) in [4.78, 5) is 35.1. The highest BCUT2D eigenvalue weighted by Crippen LogP contribution is 2.50. The summed E-state index contributed by atoms with van der Waals surface area (Å²) in [6, 6.07) is 18.5. The van der Waals surface area contributed by atoms with Gasteiger partial charge in [-0.05, 0) is 62.1 Å². The lowest BCUT2D eigenvalue weighted by Crippen LogP contribution is -2.39. The Balaban J connectivity index is 1.55. The SMILES string of the molecule is CSc1ccc(C2(C(=O)N(CCCc3ccccc3)Cc3nc(C(=O)CS(=O)(=O)N(C)C)c(C)s3)CC2)cc1. The molecule has 1 aliphatic rings. The van der Waals surface area contributed by atoms with Gasteiger partial charge in [0.05, 0.1) is 12.0 Å². The molecule has 0 unspecified atom stereocenters. The van der Waals surface area contributed by atoms with Crippen molar-refractivity contribution in [2.24, 2.45) is 0 Å². The van der Waals surface area contributed by atoms with E-state index in [1.54, 1.807) is 18.7 Å². The van der Waals surface area contributed by atoms with Gasteiger partial charge >= 0.3 is 0 Å². The third-order valence-electron chi connectivity index (χ3n) is 7.13. The number of hydrogen-bond acceptors (Lipinski definition) is 7. The van der Waals surface area contributed by atoms with Crippen molar-refractivity contribution < 1.29 is 18.0 Å². The van der Waals surface area contributed by atoms with E-state index in [4.69, 9.17) is 0 Å². The highest BCUT2D eigenvalue weighted by Gasteiger charge is 2.53. The predicted molar refractivity (Wildman–Crippen MR) is 158 cm³/mol. The van der Waals surface area contributed by atoms with Gasteiger partial charge < -0.3 is 4.90 Å². The number of aryl methyl sites for hydroxylation is 2. The Bertz CT molecular complexity index is 1410. The molecule has 1 aliphatic carbocycles. The van der Waals surface area contributed by atoms with Gasteiger partial charge in [-0.3, -0.25) is 9.59 Å². The van der Waals surface area contributed by atoms with E-state index in [2.05, 4.69) is 41.4 Å². The van der Waals surface area contributed by atoms with Crippen LogP contribution < -0.4 is 0 Å². The monoisotopic (exact) mass is 585 g/mol. The number of hydrogen-bond donors (Lipinski definition) is 0. The molecule has 0 atom stereocenters. The number of amides is 1. The average molecular weight is 586 g/mol. The van der Waals surface area contributed by atoms with Gasteiger partial charge in [0, 0.05) is 30.4 Å². The standard InChI is InChI=1S/C29H35N3O4S3/c1-21-27(25(33)20-39(35,36)31(2)3)30-26(38-21)19-32(18-8-11-22-9-6-5-7-10-22)28(34)29(16-17-29)23-12-14-24(37-4)15-13-23/h5-7,9-10,12-15H,8,11,16-20H2,1-4H3. The summed E-state index contributed by atoms with van der Waals surface area (Å²) in [6.45, 7) is 2.63. The van der Waals surface area contributed by atoms with Crippen molar-refractivity contribution in [3.63, 3.8) is 0 Å². The minimum Gasteiger partial charge on any atom is -0.335 e. The fraction of sp³-hybridized carbons (Fsp3) is 0.414. The fourth-order valence-corrected chi connectivity index (χ4v) is 6.74. The lowest BCUT2D eigenvalue weighted by molar-refractivity contribution is -0.134. The van der Waals surface area contributed by atoms with Crippen LogP contribution in [0.25, 0.3) is 0 Å². The van der Waals surface area contributed by atoms with Crippen LogP contribution in [0.15, 0.2) is 59.5 Å². The zero-order valence-electron chi connectivity index (χ0n) is 22.8. The zero-order chi connectivity index (χ0) is 28.2. The number of ketones is 1. The largest absolute Gasteiger partial charge is 0.335 e. The number of carbonyl (C=O) groups excluding carboxylic acids is 2. The van der Waals surface area contributed by atoms with Crippen LogP contribution in [-0.4, -0.2) is 66.9 Å². The van der Waals surface area contributed by atoms with Crippen LogP contribution in [0.4, 0.5) is 0 Å². The van der Waals surface area contributed by atoms with Crippen LogP contribution >= 0.6 is 23.1 Å². The molecule has 208 valence electrons. The second kappa shape index (κ2) is 12.3. The smallest absolute Gasteiger partial charge is 0.233 e. The molecule has 0 radical (unpaired) electrons. The third-order valence-corrected chi connectivity index (χ3v) is 10.6. The first-order chi connectivity index (χ1) is 18.6. The number of carbonyl (C=O) groups is 2. The van der Waals surface area contributed by atoms with E-state index in [1.165, 1.54) is 31.0 Å². The van der Waals surface area contributed by atoms with E-state index in [-0.39, 0.29) is 18.1 Å². The maximum atomic E-state index is 14.1. The fourth-order valence-electron chi connectivity index (χ4n) is 4.64. The first kappa shape index (κ1) is 29.5. The molecule has 0 saturated heterocycles. The van der Waals surface area contributed by atoms with E-state index in [0.29, 0.717) is 16.4 Å². The number of sulfonamides is 1. The van der Waals surface area contributed by atoms with E-state index in [9.17, 15) is 18.0 Å². The molecule has 0 N–H and O–H groups in total. The van der Waals surface area contributed by atoms with Crippen LogP contribution in [0.3, 0.4) is 0 Å². The highest BCUT2D eigenvalue weighted by molar-refractivity contribution is 7.98. The van der Waals surface area contributed by atoms with Crippen molar-refractivity contribution in [3.05, 3.63) is 81.3 Å². The number of aromatic nitrogens is 1. The molecule has 1 fully saturated rings. The van der Waals surface area contributed by atoms with Gasteiger partial charge in [-0.25, -0.2) is 17.7 Å². The number of nitrogens with zero attached hydrogens (tertiary/aromatic N) is 3. The maximum Gasteiger partial charge on any atom is 0.233 e. The molecule has 39 heavy (non-hydrogen) atoms. The summed E-state index contributed by atoms with van der Waals surface area (Å²) < 4.78 is 25.5. The van der Waals surface area contributed by atoms with E-state index >= 15 is 0 Å². The molecule has 1 amide bonds. The van der Waals surface area contributed by atoms with Gasteiger partial charge in [-0.2, -0.15) is 0 Å². The summed E-state index contributed by atoms with van der Waals surface area (Å²) in [6.07, 6.45) is 5.30. The molecule has 1 aromatic heterocycles. The van der Waals surface area contributed by atoms with Gasteiger partial charge in [0.2, 0.25) is 15.9 Å². The Morgan fingerprint density at radius 3 is 2.31 bits per heavy atom. The number of benzene rings is 2. The Morgan fingerprint density at radius 1 is 1.05 bits per heavy atom. The van der Waals surface area contributed by atoms with Crippen molar-refractivity contribution in [1.29, 1.82) is 0 Å². The predicted octanol–water partition coefficient (Wildman–Crippen LogP) is 4.94. The average Bonchev–Trinajstić information content (AvgIpc) is 3.64. The lowest BCUT2D eigenvalue weighted by Gasteiger charge is -2.27. The van der Waals surface area contributed by atoms with E-state index in [1.807, 2.05) is 29.4 Å². The van der Waals surface area contributed by atoms with Gasteiger partial charge in [-0.1, -0.05) is 42.5 Å². The number of Topliss-reactive ketones (excluding diaryl/α,β-unsaturated/α-hetero) is 1. The molecule has 0 spiro atoms. The molecule has 0 bridgehead atoms. The Morgan fingerprint density at radius 2 is 1.72 bits per heavy atom. The lowest BCUT2D eigenvalue weighted by atomic mass is 9.94. The van der Waals surface area contributed by atoms with E-state index < -0.39 is 27.0 Å². The van der Waals surface area contributed by atoms with Crippen LogP contribution in [0, 0.1) is 6.92 Å². The van der Waals surface area contributed by atoms with E-state index in [0.717, 1.165) is 40.4 Å². The number of thioether (sulfide) groups is 1. The quantitative estimate of drug-likeness (QED) is 0.209. The van der Waals surface area contributed by atoms with Crippen LogP contribution in [0.2, 0.25) is 0 Å². The van der Waals surface area contributed by atoms with Crippen LogP contribution in [0.5, 0.6) is 0 Å². The maximum absolute atomic E-state index is 14.1. The number of rotatable bonds is 13. The second-order valence-electron chi connectivity index (χ2n) is 10.1. The summed E-state index contributed by atoms with van der Waals surface area (Å²) in [5.74, 6) is -1.07. The van der Waals surface area contributed by atoms with Crippen molar-refractivity contribution in [2.75, 3.05) is 32.6 Å². The molecule has 3 aromatic rings. The van der Waals surface area contributed by atoms with Crippen molar-refractivity contribution in [1.82, 2.24) is 14.2 Å². The molecule has 1 heterocycles. The van der Waals surface area contributed by atoms with Crippen LogP contribution in [0.1, 0.15) is 50.8 Å². The molecular weight excluding hydrogens is 551 g/mol. The molecule has 7 nitrogen and oxygen atoms in total. The summed E-state index contributed by atoms with van der Waals surface area (Å²) in [5, 5.41) is 0.639. The Labute approximate surface area is 239 Å². The van der Waals surface area contributed by atoms with Gasteiger partial charge in [-0.15, -0.1) is 23.1 Å². The Kier molecular flexibility index (Phi) is 9.31. The van der Waals surface area contributed by atoms with Crippen molar-refractivity contribution >= 4 is 44.8 Å². The molecule has 10 heteroatoms. The van der Waals surface area contributed by atoms with Gasteiger partial charge in [0.1, 0.15) is 16.5 Å². The first-order valence-corrected chi connectivity index (χ1v) is 16.6. The summed E-state index contributed by atoms with van der Waals surface area (Å²) in [5.41, 5.74) is 1.91. The summed E-state index contributed by atoms with van der Waals surface area (Å²) in [7, 11) is -0.880. The first-order valence-electron chi connectivity index (χ1n) is 12.9. The topological polar surface area (TPSA) is 87.6 Å². The highest BCUT2D eigenvalue weighted by atomic mass is 32.2.